The average molecular weight is 429 g/mol. The summed E-state index contributed by atoms with van der Waals surface area (Å²) < 4.78 is 0.976. The van der Waals surface area contributed by atoms with Crippen LogP contribution in [0, 0.1) is 6.92 Å². The summed E-state index contributed by atoms with van der Waals surface area (Å²) in [5.74, 6) is -0.805. The molecule has 2 aromatic rings. The molecule has 0 aliphatic rings. The lowest BCUT2D eigenvalue weighted by Crippen LogP contribution is -2.35. The molecule has 0 aromatic carbocycles. The lowest BCUT2D eigenvalue weighted by Gasteiger charge is -2.23. The van der Waals surface area contributed by atoms with E-state index in [4.69, 9.17) is 5.11 Å². The molecule has 3 N–H and O–H groups in total. The molecule has 2 heterocycles. The molecule has 0 atom stereocenters. The quantitative estimate of drug-likeness (QED) is 0.335. The van der Waals surface area contributed by atoms with E-state index in [0.29, 0.717) is 0 Å². The van der Waals surface area contributed by atoms with Gasteiger partial charge in [0, 0.05) is 28.5 Å². The smallest absolute Gasteiger partial charge is 0.307 e. The predicted octanol–water partition coefficient (Wildman–Crippen LogP) is 3.89. The maximum Gasteiger partial charge on any atom is 0.307 e. The number of nitrogens with one attached hydrogen (secondary N) is 2. The number of aliphatic carboxylic acids is 1. The summed E-state index contributed by atoms with van der Waals surface area (Å²) in [6, 6.07) is 4.38. The van der Waals surface area contributed by atoms with Gasteiger partial charge in [0.05, 0.1) is 34.1 Å². The van der Waals surface area contributed by atoms with Gasteiger partial charge in [0.2, 0.25) is 0 Å². The molecule has 0 radical (unpaired) electrons. The summed E-state index contributed by atoms with van der Waals surface area (Å²) in [6.45, 7) is 5.49. The van der Waals surface area contributed by atoms with Gasteiger partial charge in [-0.15, -0.1) is 0 Å². The Morgan fingerprint density at radius 1 is 1.00 bits per heavy atom. The fourth-order valence-electron chi connectivity index (χ4n) is 3.99. The van der Waals surface area contributed by atoms with Gasteiger partial charge >= 0.3 is 5.97 Å². The highest BCUT2D eigenvalue weighted by atomic mass is 16.4. The van der Waals surface area contributed by atoms with Crippen LogP contribution in [0.3, 0.4) is 0 Å². The van der Waals surface area contributed by atoms with Crippen LogP contribution < -0.4 is 10.7 Å². The van der Waals surface area contributed by atoms with Crippen LogP contribution in [0.25, 0.3) is 12.2 Å². The van der Waals surface area contributed by atoms with E-state index in [-0.39, 0.29) is 6.42 Å². The largest absolute Gasteiger partial charge is 0.481 e. The third-order valence-electron chi connectivity index (χ3n) is 5.63. The molecule has 0 fully saturated rings. The van der Waals surface area contributed by atoms with Crippen molar-refractivity contribution in [2.24, 2.45) is 0 Å². The van der Waals surface area contributed by atoms with Crippen molar-refractivity contribution in [3.05, 3.63) is 45.3 Å². The second-order valence-corrected chi connectivity index (χ2v) is 9.78. The van der Waals surface area contributed by atoms with Gasteiger partial charge in [0.25, 0.3) is 0 Å². The van der Waals surface area contributed by atoms with E-state index in [1.54, 1.807) is 6.08 Å². The number of aromatic amines is 2. The van der Waals surface area contributed by atoms with E-state index < -0.39 is 5.97 Å². The monoisotopic (exact) mass is 428 g/mol. The normalized spacial score (nSPS) is 13.3. The molecule has 0 aliphatic heterocycles. The standard InChI is InChI=1S/C26H41N3O2/c1-6-7-8-9-10-12-22-18-23(14-15-26(30)31)28-25(22)19-24-21(17-20(2)27-24)13-11-16-29(3,4)5/h14,17-19,27-28H,6-13,15-16H2,1-5H3/p+1. The second-order valence-electron chi connectivity index (χ2n) is 9.78. The second kappa shape index (κ2) is 11.9. The first kappa shape index (κ1) is 25.0. The predicted molar refractivity (Wildman–Crippen MR) is 130 cm³/mol. The Bertz CT molecular complexity index is 944. The molecule has 172 valence electrons. The van der Waals surface area contributed by atoms with Gasteiger partial charge < -0.3 is 19.6 Å². The number of quaternary nitrogens is 1. The SMILES string of the molecule is CCCCCCCc1cc(=CCC(=O)O)[nH]c1=Cc1[nH]c(C)cc1CCC[N+](C)(C)C. The summed E-state index contributed by atoms with van der Waals surface area (Å²) in [7, 11) is 6.70. The van der Waals surface area contributed by atoms with Crippen molar-refractivity contribution in [3.63, 3.8) is 0 Å². The van der Waals surface area contributed by atoms with Crippen molar-refractivity contribution in [2.45, 2.75) is 71.6 Å². The molecule has 5 heteroatoms. The molecule has 5 nitrogen and oxygen atoms in total. The van der Waals surface area contributed by atoms with E-state index in [1.165, 1.54) is 42.5 Å². The first-order valence-corrected chi connectivity index (χ1v) is 11.8. The van der Waals surface area contributed by atoms with Gasteiger partial charge in [-0.3, -0.25) is 4.79 Å². The number of carbonyl (C=O) groups is 1. The van der Waals surface area contributed by atoms with Gasteiger partial charge in [0.15, 0.2) is 0 Å². The number of H-pyrrole nitrogens is 2. The molecule has 0 spiro atoms. The summed E-state index contributed by atoms with van der Waals surface area (Å²) in [4.78, 5) is 18.0. The molecular formula is C26H42N3O2+. The zero-order valence-corrected chi connectivity index (χ0v) is 20.2. The van der Waals surface area contributed by atoms with Gasteiger partial charge in [-0.25, -0.2) is 0 Å². The molecule has 0 saturated carbocycles. The van der Waals surface area contributed by atoms with Crippen molar-refractivity contribution in [1.82, 2.24) is 9.97 Å². The molecule has 0 aliphatic carbocycles. The Hall–Kier alpha value is -2.27. The number of hydrogen-bond acceptors (Lipinski definition) is 1. The highest BCUT2D eigenvalue weighted by molar-refractivity contribution is 5.72. The summed E-state index contributed by atoms with van der Waals surface area (Å²) >= 11 is 0. The van der Waals surface area contributed by atoms with Crippen LogP contribution in [0.2, 0.25) is 0 Å². The van der Waals surface area contributed by atoms with Crippen LogP contribution >= 0.6 is 0 Å². The van der Waals surface area contributed by atoms with Crippen molar-refractivity contribution in [2.75, 3.05) is 27.7 Å². The molecule has 31 heavy (non-hydrogen) atoms. The van der Waals surface area contributed by atoms with Crippen LogP contribution in [0.5, 0.6) is 0 Å². The van der Waals surface area contributed by atoms with E-state index in [2.05, 4.69) is 63.2 Å². The maximum absolute atomic E-state index is 11.0. The molecule has 0 amide bonds. The van der Waals surface area contributed by atoms with Gasteiger partial charge in [0.1, 0.15) is 0 Å². The Balaban J connectivity index is 2.27. The van der Waals surface area contributed by atoms with Crippen LogP contribution in [0.1, 0.15) is 74.4 Å². The average Bonchev–Trinajstić information content (AvgIpc) is 3.22. The highest BCUT2D eigenvalue weighted by Crippen LogP contribution is 2.15. The number of carboxylic acid groups (broad SMARTS) is 1. The fraction of sp³-hybridized carbons (Fsp3) is 0.577. The maximum atomic E-state index is 11.0. The first-order chi connectivity index (χ1) is 14.7. The number of aryl methyl sites for hydroxylation is 3. The van der Waals surface area contributed by atoms with Crippen molar-refractivity contribution < 1.29 is 14.4 Å². The number of aromatic nitrogens is 2. The van der Waals surface area contributed by atoms with Crippen LogP contribution in [0.4, 0.5) is 0 Å². The zero-order chi connectivity index (χ0) is 22.9. The number of carboxylic acids is 1. The lowest BCUT2D eigenvalue weighted by atomic mass is 10.1. The van der Waals surface area contributed by atoms with Gasteiger partial charge in [-0.2, -0.15) is 0 Å². The van der Waals surface area contributed by atoms with Gasteiger partial charge in [-0.1, -0.05) is 32.6 Å². The zero-order valence-electron chi connectivity index (χ0n) is 20.2. The van der Waals surface area contributed by atoms with Crippen molar-refractivity contribution in [3.8, 4) is 0 Å². The van der Waals surface area contributed by atoms with Crippen LogP contribution in [-0.2, 0) is 17.6 Å². The Morgan fingerprint density at radius 2 is 1.71 bits per heavy atom. The third-order valence-corrected chi connectivity index (χ3v) is 5.63. The molecule has 0 saturated heterocycles. The number of hydrogen-bond donors (Lipinski definition) is 3. The Morgan fingerprint density at radius 3 is 2.39 bits per heavy atom. The minimum Gasteiger partial charge on any atom is -0.481 e. The molecule has 2 aromatic heterocycles. The van der Waals surface area contributed by atoms with Gasteiger partial charge in [-0.05, 0) is 61.6 Å². The van der Waals surface area contributed by atoms with Crippen LogP contribution in [-0.4, -0.2) is 53.2 Å². The fourth-order valence-corrected chi connectivity index (χ4v) is 3.99. The highest BCUT2D eigenvalue weighted by Gasteiger charge is 2.10. The third kappa shape index (κ3) is 9.18. The lowest BCUT2D eigenvalue weighted by molar-refractivity contribution is -0.870. The topological polar surface area (TPSA) is 68.9 Å². The summed E-state index contributed by atoms with van der Waals surface area (Å²) in [5, 5.41) is 11.0. The molecule has 2 rings (SSSR count). The Labute approximate surface area is 187 Å². The van der Waals surface area contributed by atoms with E-state index in [9.17, 15) is 4.79 Å². The van der Waals surface area contributed by atoms with E-state index in [0.717, 1.165) is 53.1 Å². The Kier molecular flexibility index (Phi) is 9.63. The number of unbranched alkanes of at least 4 members (excludes halogenated alkanes) is 4. The number of nitrogens with zero attached hydrogens (tertiary/aromatic N) is 1. The first-order valence-electron chi connectivity index (χ1n) is 11.8. The minimum atomic E-state index is -0.805. The number of rotatable bonds is 13. The van der Waals surface area contributed by atoms with E-state index in [1.807, 2.05) is 0 Å². The van der Waals surface area contributed by atoms with E-state index >= 15 is 0 Å². The molecule has 0 unspecified atom stereocenters. The summed E-state index contributed by atoms with van der Waals surface area (Å²) in [5.41, 5.74) is 4.97. The molecule has 0 bridgehead atoms. The molecular weight excluding hydrogens is 386 g/mol. The van der Waals surface area contributed by atoms with Crippen LogP contribution in [0.15, 0.2) is 12.1 Å². The van der Waals surface area contributed by atoms with Crippen molar-refractivity contribution in [1.29, 1.82) is 0 Å². The summed E-state index contributed by atoms with van der Waals surface area (Å²) in [6.07, 6.45) is 13.5. The minimum absolute atomic E-state index is 0.0355. The van der Waals surface area contributed by atoms with Crippen molar-refractivity contribution >= 4 is 18.1 Å².